The second-order valence-electron chi connectivity index (χ2n) is 3.62. The summed E-state index contributed by atoms with van der Waals surface area (Å²) in [6.07, 6.45) is 0. The van der Waals surface area contributed by atoms with E-state index in [2.05, 4.69) is 20.7 Å². The van der Waals surface area contributed by atoms with Gasteiger partial charge in [-0.25, -0.2) is 8.42 Å². The fourth-order valence-electron chi connectivity index (χ4n) is 1.44. The van der Waals surface area contributed by atoms with Gasteiger partial charge in [0.2, 0.25) is 0 Å². The summed E-state index contributed by atoms with van der Waals surface area (Å²) in [6, 6.07) is 7.96. The first kappa shape index (κ1) is 14.2. The van der Waals surface area contributed by atoms with Crippen LogP contribution in [0.25, 0.3) is 0 Å². The Morgan fingerprint density at radius 3 is 2.63 bits per heavy atom. The van der Waals surface area contributed by atoms with Gasteiger partial charge in [-0.3, -0.25) is 4.72 Å². The summed E-state index contributed by atoms with van der Waals surface area (Å²) in [7, 11) is -2.18. The fourth-order valence-corrected chi connectivity index (χ4v) is 4.51. The Bertz CT molecular complexity index is 698. The smallest absolute Gasteiger partial charge is 0.271 e. The van der Waals surface area contributed by atoms with Crippen molar-refractivity contribution in [2.45, 2.75) is 4.21 Å². The molecule has 0 amide bonds. The predicted octanol–water partition coefficient (Wildman–Crippen LogP) is 2.90. The molecule has 3 N–H and O–H groups in total. The lowest BCUT2D eigenvalue weighted by molar-refractivity contribution is 0.417. The van der Waals surface area contributed by atoms with E-state index in [-0.39, 0.29) is 4.21 Å². The van der Waals surface area contributed by atoms with E-state index in [1.54, 1.807) is 18.2 Å². The number of anilines is 2. The number of nitrogens with one attached hydrogen (secondary N) is 1. The largest absolute Gasteiger partial charge is 0.495 e. The Hall–Kier alpha value is -1.25. The molecule has 0 unspecified atom stereocenters. The normalized spacial score (nSPS) is 11.3. The van der Waals surface area contributed by atoms with E-state index < -0.39 is 10.0 Å². The lowest BCUT2D eigenvalue weighted by Gasteiger charge is -2.11. The number of nitrogens with two attached hydrogens (primary N) is 1. The lowest BCUT2D eigenvalue weighted by Crippen LogP contribution is -2.12. The number of hydrogen-bond donors (Lipinski definition) is 2. The predicted molar refractivity (Wildman–Crippen MR) is 80.2 cm³/mol. The first-order valence-electron chi connectivity index (χ1n) is 5.14. The summed E-state index contributed by atoms with van der Waals surface area (Å²) in [4.78, 5) is 0. The van der Waals surface area contributed by atoms with Crippen molar-refractivity contribution in [1.29, 1.82) is 0 Å². The van der Waals surface area contributed by atoms with Crippen LogP contribution < -0.4 is 15.2 Å². The molecule has 0 saturated heterocycles. The standard InChI is InChI=1S/C11H11BrN2O3S2/c1-17-9-3-2-7(13)6-8(9)14-19(15,16)11-5-4-10(12)18-11/h2-6,14H,13H2,1H3. The SMILES string of the molecule is COc1ccc(N)cc1NS(=O)(=O)c1ccc(Br)s1. The van der Waals surface area contributed by atoms with E-state index in [0.717, 1.165) is 15.1 Å². The summed E-state index contributed by atoms with van der Waals surface area (Å²) < 4.78 is 32.9. The summed E-state index contributed by atoms with van der Waals surface area (Å²) in [6.45, 7) is 0. The topological polar surface area (TPSA) is 81.4 Å². The van der Waals surface area contributed by atoms with Crippen molar-refractivity contribution in [3.05, 3.63) is 34.1 Å². The van der Waals surface area contributed by atoms with Crippen molar-refractivity contribution < 1.29 is 13.2 Å². The molecule has 0 atom stereocenters. The zero-order valence-electron chi connectivity index (χ0n) is 9.88. The van der Waals surface area contributed by atoms with Crippen LogP contribution in [0.5, 0.6) is 5.75 Å². The number of halogens is 1. The first-order chi connectivity index (χ1) is 8.92. The van der Waals surface area contributed by atoms with Crippen molar-refractivity contribution in [3.63, 3.8) is 0 Å². The average molecular weight is 363 g/mol. The molecule has 5 nitrogen and oxygen atoms in total. The first-order valence-corrected chi connectivity index (χ1v) is 8.23. The second-order valence-corrected chi connectivity index (χ2v) is 8.00. The van der Waals surface area contributed by atoms with Crippen LogP contribution in [0.4, 0.5) is 11.4 Å². The minimum absolute atomic E-state index is 0.212. The van der Waals surface area contributed by atoms with Gasteiger partial charge >= 0.3 is 0 Å². The highest BCUT2D eigenvalue weighted by Gasteiger charge is 2.18. The second kappa shape index (κ2) is 5.40. The highest BCUT2D eigenvalue weighted by atomic mass is 79.9. The molecule has 0 aliphatic rings. The lowest BCUT2D eigenvalue weighted by atomic mass is 10.2. The third-order valence-electron chi connectivity index (χ3n) is 2.28. The maximum Gasteiger partial charge on any atom is 0.271 e. The highest BCUT2D eigenvalue weighted by molar-refractivity contribution is 9.11. The van der Waals surface area contributed by atoms with Gasteiger partial charge in [0.1, 0.15) is 9.96 Å². The maximum absolute atomic E-state index is 12.2. The monoisotopic (exact) mass is 362 g/mol. The molecule has 2 rings (SSSR count). The van der Waals surface area contributed by atoms with Crippen molar-refractivity contribution in [3.8, 4) is 5.75 Å². The van der Waals surface area contributed by atoms with E-state index >= 15 is 0 Å². The van der Waals surface area contributed by atoms with Gasteiger partial charge in [0.25, 0.3) is 10.0 Å². The number of rotatable bonds is 4. The van der Waals surface area contributed by atoms with Crippen molar-refractivity contribution in [2.24, 2.45) is 0 Å². The third kappa shape index (κ3) is 3.20. The van der Waals surface area contributed by atoms with E-state index in [0.29, 0.717) is 17.1 Å². The summed E-state index contributed by atoms with van der Waals surface area (Å²) >= 11 is 4.36. The zero-order chi connectivity index (χ0) is 14.0. The van der Waals surface area contributed by atoms with E-state index in [1.807, 2.05) is 0 Å². The molecule has 1 aromatic carbocycles. The van der Waals surface area contributed by atoms with Gasteiger partial charge in [-0.2, -0.15) is 0 Å². The third-order valence-corrected chi connectivity index (χ3v) is 5.76. The average Bonchev–Trinajstić information content (AvgIpc) is 2.76. The molecular formula is C11H11BrN2O3S2. The van der Waals surface area contributed by atoms with E-state index in [4.69, 9.17) is 10.5 Å². The summed E-state index contributed by atoms with van der Waals surface area (Å²) in [5.74, 6) is 0.411. The van der Waals surface area contributed by atoms with Crippen LogP contribution in [-0.2, 0) is 10.0 Å². The Morgan fingerprint density at radius 2 is 2.05 bits per heavy atom. The van der Waals surface area contributed by atoms with Gasteiger partial charge in [0.15, 0.2) is 0 Å². The number of methoxy groups -OCH3 is 1. The molecule has 2 aromatic rings. The van der Waals surface area contributed by atoms with Crippen LogP contribution in [0.15, 0.2) is 38.3 Å². The molecule has 1 heterocycles. The number of thiophene rings is 1. The van der Waals surface area contributed by atoms with Crippen LogP contribution in [-0.4, -0.2) is 15.5 Å². The number of sulfonamides is 1. The quantitative estimate of drug-likeness (QED) is 0.819. The number of hydrogen-bond acceptors (Lipinski definition) is 5. The molecule has 0 radical (unpaired) electrons. The van der Waals surface area contributed by atoms with Gasteiger partial charge in [-0.1, -0.05) is 0 Å². The van der Waals surface area contributed by atoms with Crippen molar-refractivity contribution in [1.82, 2.24) is 0 Å². The summed E-state index contributed by atoms with van der Waals surface area (Å²) in [5, 5.41) is 0. The molecular weight excluding hydrogens is 352 g/mol. The van der Waals surface area contributed by atoms with E-state index in [1.165, 1.54) is 19.2 Å². The molecule has 102 valence electrons. The summed E-state index contributed by atoms with van der Waals surface area (Å²) in [5.41, 5.74) is 6.41. The van der Waals surface area contributed by atoms with E-state index in [9.17, 15) is 8.42 Å². The van der Waals surface area contributed by atoms with Crippen LogP contribution in [0.3, 0.4) is 0 Å². The number of ether oxygens (including phenoxy) is 1. The minimum Gasteiger partial charge on any atom is -0.495 e. The minimum atomic E-state index is -3.64. The molecule has 0 fully saturated rings. The Balaban J connectivity index is 2.38. The molecule has 0 saturated carbocycles. The van der Waals surface area contributed by atoms with Crippen LogP contribution in [0, 0.1) is 0 Å². The van der Waals surface area contributed by atoms with Crippen LogP contribution in [0.2, 0.25) is 0 Å². The van der Waals surface area contributed by atoms with Gasteiger partial charge in [-0.15, -0.1) is 11.3 Å². The molecule has 8 heteroatoms. The number of nitrogen functional groups attached to an aromatic ring is 1. The fraction of sp³-hybridized carbons (Fsp3) is 0.0909. The molecule has 0 aliphatic carbocycles. The van der Waals surface area contributed by atoms with Crippen molar-refractivity contribution in [2.75, 3.05) is 17.6 Å². The van der Waals surface area contributed by atoms with Gasteiger partial charge in [0.05, 0.1) is 16.6 Å². The van der Waals surface area contributed by atoms with Crippen molar-refractivity contribution >= 4 is 48.7 Å². The van der Waals surface area contributed by atoms with Gasteiger partial charge < -0.3 is 10.5 Å². The molecule has 1 aromatic heterocycles. The molecule has 19 heavy (non-hydrogen) atoms. The Morgan fingerprint density at radius 1 is 1.32 bits per heavy atom. The van der Waals surface area contributed by atoms with Gasteiger partial charge in [-0.05, 0) is 46.3 Å². The zero-order valence-corrected chi connectivity index (χ0v) is 13.1. The highest BCUT2D eigenvalue weighted by Crippen LogP contribution is 2.31. The van der Waals surface area contributed by atoms with Crippen LogP contribution in [0.1, 0.15) is 0 Å². The Kier molecular flexibility index (Phi) is 4.02. The molecule has 0 aliphatic heterocycles. The maximum atomic E-state index is 12.2. The van der Waals surface area contributed by atoms with Gasteiger partial charge in [0, 0.05) is 5.69 Å². The Labute approximate surface area is 123 Å². The number of benzene rings is 1. The molecule has 0 spiro atoms. The molecule has 0 bridgehead atoms. The van der Waals surface area contributed by atoms with Crippen LogP contribution >= 0.6 is 27.3 Å².